The van der Waals surface area contributed by atoms with E-state index in [2.05, 4.69) is 101 Å². The summed E-state index contributed by atoms with van der Waals surface area (Å²) in [6.45, 7) is 12.6. The summed E-state index contributed by atoms with van der Waals surface area (Å²) in [6, 6.07) is 3.80. The smallest absolute Gasteiger partial charge is 0.227 e. The van der Waals surface area contributed by atoms with E-state index in [1.807, 2.05) is 19.0 Å². The fourth-order valence-corrected chi connectivity index (χ4v) is 10.4. The van der Waals surface area contributed by atoms with Crippen molar-refractivity contribution in [3.05, 3.63) is 51.5 Å². The number of nitrogens with zero attached hydrogens (tertiary/aromatic N) is 12. The molecule has 3 atom stereocenters. The van der Waals surface area contributed by atoms with E-state index in [9.17, 15) is 9.18 Å². The highest BCUT2D eigenvalue weighted by Gasteiger charge is 2.32. The fraction of sp³-hybridized carbons (Fsp3) is 0.569. The maximum Gasteiger partial charge on any atom is 0.227 e. The van der Waals surface area contributed by atoms with Crippen molar-refractivity contribution in [3.63, 3.8) is 0 Å². The van der Waals surface area contributed by atoms with Gasteiger partial charge in [0.2, 0.25) is 17.8 Å². The Hall–Kier alpha value is -6.29. The first-order valence-electron chi connectivity index (χ1n) is 25.4. The first kappa shape index (κ1) is 52.0. The third kappa shape index (κ3) is 12.0. The van der Waals surface area contributed by atoms with Crippen LogP contribution in [0, 0.1) is 13.8 Å². The lowest BCUT2D eigenvalue weighted by atomic mass is 10.1. The van der Waals surface area contributed by atoms with Crippen LogP contribution in [0.1, 0.15) is 83.2 Å². The van der Waals surface area contributed by atoms with E-state index >= 15 is 0 Å². The highest BCUT2D eigenvalue weighted by Crippen LogP contribution is 2.34. The second-order valence-electron chi connectivity index (χ2n) is 19.7. The molecule has 7 N–H and O–H groups in total. The standard InChI is InChI=1S/C18H26N6.C17H23FN6.C14H18N6O.C2H6O/c1-4-19-16-15-11(2)13-6-5-7-14(13)21-17(15)23-18(22-16)20-12-8-9-24(3)10-12;1-9-10-5-4-6-12(10)20-16-14(9)15(19-2)22-17(23-16)21-13-8-24(3)7-11(13)18;1-20-6-4-9(5-7-20)17-14-18-12(15)11-3-2-10(8-21)16-13(11)19-14;1-3-2/h12H,4-10H2,1-3H3,(H2,19,20,21,22,23);11,13H,4-8H2,1-3H3,(H2,19,20,21,22,23);2-3,8-9H,4-7H2,1H3,(H3,15,16,17,18,19);1-2H3. The van der Waals surface area contributed by atoms with Gasteiger partial charge in [-0.25, -0.2) is 19.3 Å². The molecule has 0 saturated carbocycles. The summed E-state index contributed by atoms with van der Waals surface area (Å²) in [6.07, 6.45) is 9.62. The van der Waals surface area contributed by atoms with Crippen molar-refractivity contribution >= 4 is 74.7 Å². The number of methoxy groups -OCH3 is 1. The number of rotatable bonds is 10. The van der Waals surface area contributed by atoms with E-state index in [0.717, 1.165) is 118 Å². The predicted molar refractivity (Wildman–Crippen MR) is 285 cm³/mol. The average Bonchev–Trinajstić information content (AvgIpc) is 4.19. The van der Waals surface area contributed by atoms with Gasteiger partial charge in [0.05, 0.1) is 22.2 Å². The maximum atomic E-state index is 14.1. The average molecular weight is 989 g/mol. The van der Waals surface area contributed by atoms with Gasteiger partial charge in [-0.05, 0) is 154 Å². The van der Waals surface area contributed by atoms with Gasteiger partial charge in [-0.3, -0.25) is 4.79 Å². The summed E-state index contributed by atoms with van der Waals surface area (Å²) in [7, 11) is 11.3. The van der Waals surface area contributed by atoms with Gasteiger partial charge >= 0.3 is 0 Å². The molecule has 0 bridgehead atoms. The lowest BCUT2D eigenvalue weighted by Gasteiger charge is -2.29. The van der Waals surface area contributed by atoms with E-state index < -0.39 is 6.17 Å². The molecular weight excluding hydrogens is 916 g/mol. The molecule has 3 fully saturated rings. The first-order valence-corrected chi connectivity index (χ1v) is 25.4. The topological polar surface area (TPSA) is 238 Å². The van der Waals surface area contributed by atoms with Gasteiger partial charge in [0.25, 0.3) is 0 Å². The molecule has 11 rings (SSSR count). The van der Waals surface area contributed by atoms with E-state index in [0.29, 0.717) is 77.5 Å². The molecule has 3 unspecified atom stereocenters. The van der Waals surface area contributed by atoms with Gasteiger partial charge in [0.15, 0.2) is 23.2 Å². The Balaban J connectivity index is 0.000000141. The Labute approximate surface area is 421 Å². The van der Waals surface area contributed by atoms with Crippen molar-refractivity contribution in [1.29, 1.82) is 0 Å². The van der Waals surface area contributed by atoms with Gasteiger partial charge in [0, 0.05) is 70.9 Å². The van der Waals surface area contributed by atoms with Crippen molar-refractivity contribution < 1.29 is 13.9 Å². The van der Waals surface area contributed by atoms with Gasteiger partial charge in [-0.1, -0.05) is 0 Å². The van der Waals surface area contributed by atoms with Crippen LogP contribution in [0.15, 0.2) is 12.1 Å². The molecule has 20 nitrogen and oxygen atoms in total. The van der Waals surface area contributed by atoms with Crippen LogP contribution >= 0.6 is 0 Å². The molecule has 21 heteroatoms. The minimum Gasteiger partial charge on any atom is -0.388 e. The molecule has 9 heterocycles. The van der Waals surface area contributed by atoms with Crippen LogP contribution in [0.5, 0.6) is 0 Å². The Bertz CT molecular complexity index is 2860. The molecule has 5 aliphatic rings. The number of hydrogen-bond acceptors (Lipinski definition) is 20. The number of ether oxygens (including phenoxy) is 1. The summed E-state index contributed by atoms with van der Waals surface area (Å²) in [4.78, 5) is 58.5. The molecule has 6 aromatic rings. The number of pyridine rings is 3. The summed E-state index contributed by atoms with van der Waals surface area (Å²) in [5.74, 6) is 3.66. The van der Waals surface area contributed by atoms with Crippen LogP contribution in [0.2, 0.25) is 0 Å². The Kier molecular flexibility index (Phi) is 17.0. The van der Waals surface area contributed by atoms with Crippen LogP contribution in [0.25, 0.3) is 33.1 Å². The first-order chi connectivity index (χ1) is 34.8. The van der Waals surface area contributed by atoms with E-state index in [1.54, 1.807) is 26.4 Å². The molecule has 0 aromatic carbocycles. The number of anilines is 6. The number of likely N-dealkylation sites (tertiary alicyclic amines) is 3. The third-order valence-corrected chi connectivity index (χ3v) is 14.1. The largest absolute Gasteiger partial charge is 0.388 e. The van der Waals surface area contributed by atoms with Crippen molar-refractivity contribution in [2.75, 3.05) is 121 Å². The van der Waals surface area contributed by atoms with Crippen molar-refractivity contribution in [3.8, 4) is 0 Å². The quantitative estimate of drug-likeness (QED) is 0.0931. The number of aromatic nitrogens is 9. The normalized spacial score (nSPS) is 19.9. The number of fused-ring (bicyclic) bond motifs is 5. The minimum atomic E-state index is -0.915. The summed E-state index contributed by atoms with van der Waals surface area (Å²) < 4.78 is 18.3. The van der Waals surface area contributed by atoms with Gasteiger partial charge < -0.3 is 51.8 Å². The second-order valence-corrected chi connectivity index (χ2v) is 19.7. The summed E-state index contributed by atoms with van der Waals surface area (Å²) >= 11 is 0. The van der Waals surface area contributed by atoms with Crippen LogP contribution in [-0.4, -0.2) is 178 Å². The third-order valence-electron chi connectivity index (χ3n) is 14.1. The number of likely N-dealkylation sites (N-methyl/N-ethyl adjacent to an activating group) is 2. The Morgan fingerprint density at radius 2 is 1.24 bits per heavy atom. The number of carbonyl (C=O) groups is 1. The Morgan fingerprint density at radius 1 is 0.681 bits per heavy atom. The molecule has 386 valence electrons. The van der Waals surface area contributed by atoms with Crippen LogP contribution < -0.4 is 32.3 Å². The zero-order valence-electron chi connectivity index (χ0n) is 43.5. The lowest BCUT2D eigenvalue weighted by molar-refractivity contribution is 0.111. The van der Waals surface area contributed by atoms with Crippen molar-refractivity contribution in [2.24, 2.45) is 0 Å². The second kappa shape index (κ2) is 23.5. The van der Waals surface area contributed by atoms with Crippen LogP contribution in [0.4, 0.5) is 39.7 Å². The number of nitrogens with two attached hydrogens (primary N) is 1. The molecule has 0 spiro atoms. The number of carbonyl (C=O) groups excluding carboxylic acids is 1. The van der Waals surface area contributed by atoms with E-state index in [1.165, 1.54) is 34.4 Å². The summed E-state index contributed by atoms with van der Waals surface area (Å²) in [5.41, 5.74) is 15.9. The number of alkyl halides is 1. The van der Waals surface area contributed by atoms with Crippen LogP contribution in [-0.2, 0) is 30.4 Å². The summed E-state index contributed by atoms with van der Waals surface area (Å²) in [5, 5.41) is 19.3. The van der Waals surface area contributed by atoms with Crippen molar-refractivity contribution in [1.82, 2.24) is 59.6 Å². The van der Waals surface area contributed by atoms with Gasteiger partial charge in [-0.2, -0.15) is 29.9 Å². The number of nitrogens with one attached hydrogen (secondary N) is 5. The maximum absolute atomic E-state index is 14.1. The molecule has 0 radical (unpaired) electrons. The SMILES string of the molecule is CCNc1nc(NC2CCN(C)C2)nc2nc3c(c(C)c12)CCC3.CN1CCC(Nc2nc(N)c3ccc(C=O)nc3n2)CC1.CNc1nc(NC2CN(C)CC2F)nc2nc3c(c(C)c12)CCC3.COC. The molecule has 0 amide bonds. The number of hydrogen-bond donors (Lipinski definition) is 6. The van der Waals surface area contributed by atoms with Crippen molar-refractivity contribution in [2.45, 2.75) is 103 Å². The number of piperidine rings is 1. The highest BCUT2D eigenvalue weighted by atomic mass is 19.1. The van der Waals surface area contributed by atoms with E-state index in [-0.39, 0.29) is 6.04 Å². The molecule has 6 aromatic heterocycles. The highest BCUT2D eigenvalue weighted by molar-refractivity contribution is 5.93. The number of nitrogen functional groups attached to an aromatic ring is 1. The molecule has 72 heavy (non-hydrogen) atoms. The molecule has 3 aliphatic heterocycles. The number of aldehydes is 1. The van der Waals surface area contributed by atoms with Crippen LogP contribution in [0.3, 0.4) is 0 Å². The Morgan fingerprint density at radius 3 is 1.81 bits per heavy atom. The predicted octanol–water partition coefficient (Wildman–Crippen LogP) is 5.49. The lowest BCUT2D eigenvalue weighted by Crippen LogP contribution is -2.37. The van der Waals surface area contributed by atoms with Gasteiger partial charge in [0.1, 0.15) is 29.3 Å². The molecule has 2 aliphatic carbocycles. The van der Waals surface area contributed by atoms with E-state index in [4.69, 9.17) is 25.7 Å². The molecular formula is C51H73FN18O2. The fourth-order valence-electron chi connectivity index (χ4n) is 10.4. The van der Waals surface area contributed by atoms with Gasteiger partial charge in [-0.15, -0.1) is 0 Å². The monoisotopic (exact) mass is 989 g/mol. The number of aryl methyl sites for hydroxylation is 4. The zero-order chi connectivity index (χ0) is 51.1. The minimum absolute atomic E-state index is 0.285. The number of halogens is 1. The molecule has 3 saturated heterocycles. The zero-order valence-corrected chi connectivity index (χ0v) is 43.5.